The van der Waals surface area contributed by atoms with Gasteiger partial charge in [-0.25, -0.2) is 0 Å². The van der Waals surface area contributed by atoms with Crippen LogP contribution in [0.2, 0.25) is 0 Å². The molecule has 0 saturated heterocycles. The lowest BCUT2D eigenvalue weighted by atomic mass is 9.65. The molecule has 11 unspecified atom stereocenters. The van der Waals surface area contributed by atoms with E-state index in [1.54, 1.807) is 11.1 Å². The van der Waals surface area contributed by atoms with E-state index in [1.165, 1.54) is 19.8 Å². The van der Waals surface area contributed by atoms with E-state index >= 15 is 0 Å². The summed E-state index contributed by atoms with van der Waals surface area (Å²) in [6, 6.07) is 22.5. The van der Waals surface area contributed by atoms with Crippen molar-refractivity contribution >= 4 is 5.97 Å². The van der Waals surface area contributed by atoms with Crippen LogP contribution in [-0.4, -0.2) is 12.1 Å². The zero-order valence-electron chi connectivity index (χ0n) is 21.6. The monoisotopic (exact) mass is 458 g/mol. The van der Waals surface area contributed by atoms with Crippen molar-refractivity contribution in [2.45, 2.75) is 71.8 Å². The van der Waals surface area contributed by atoms with Crippen molar-refractivity contribution < 1.29 is 9.53 Å². The molecule has 4 aliphatic rings. The number of hydrogen-bond acceptors (Lipinski definition) is 2. The predicted octanol–water partition coefficient (Wildman–Crippen LogP) is 7.71. The molecular formula is C32H42O2. The van der Waals surface area contributed by atoms with Gasteiger partial charge in [0.25, 0.3) is 0 Å². The number of hydrogen-bond donors (Lipinski definition) is 0. The SMILES string of the molecule is CC(=O)OC1CC2CC1C(C)C2C.CC1C(C)C2CC1C(c1ccccc1)C2c1ccccc1. The summed E-state index contributed by atoms with van der Waals surface area (Å²) in [7, 11) is 0. The van der Waals surface area contributed by atoms with Gasteiger partial charge in [-0.1, -0.05) is 88.4 Å². The Hall–Kier alpha value is -2.09. The van der Waals surface area contributed by atoms with E-state index < -0.39 is 0 Å². The second kappa shape index (κ2) is 9.51. The Morgan fingerprint density at radius 2 is 1.12 bits per heavy atom. The van der Waals surface area contributed by atoms with Crippen molar-refractivity contribution in [3.05, 3.63) is 71.8 Å². The van der Waals surface area contributed by atoms with Crippen LogP contribution in [-0.2, 0) is 9.53 Å². The number of benzene rings is 2. The van der Waals surface area contributed by atoms with E-state index in [9.17, 15) is 4.79 Å². The van der Waals surface area contributed by atoms with Crippen LogP contribution < -0.4 is 0 Å². The van der Waals surface area contributed by atoms with Crippen LogP contribution in [0, 0.1) is 47.3 Å². The van der Waals surface area contributed by atoms with Gasteiger partial charge in [-0.3, -0.25) is 4.79 Å². The highest BCUT2D eigenvalue weighted by atomic mass is 16.5. The van der Waals surface area contributed by atoms with E-state index in [4.69, 9.17) is 4.74 Å². The molecule has 0 spiro atoms. The molecule has 4 saturated carbocycles. The van der Waals surface area contributed by atoms with Gasteiger partial charge in [-0.2, -0.15) is 0 Å². The molecule has 0 radical (unpaired) electrons. The number of ether oxygens (including phenoxy) is 1. The van der Waals surface area contributed by atoms with E-state index in [2.05, 4.69) is 88.4 Å². The summed E-state index contributed by atoms with van der Waals surface area (Å²) in [5.74, 6) is 7.77. The van der Waals surface area contributed by atoms with E-state index in [0.717, 1.165) is 47.8 Å². The fourth-order valence-corrected chi connectivity index (χ4v) is 8.48. The molecule has 34 heavy (non-hydrogen) atoms. The summed E-state index contributed by atoms with van der Waals surface area (Å²) in [6.07, 6.45) is 4.03. The molecule has 2 aromatic rings. The highest BCUT2D eigenvalue weighted by Crippen LogP contribution is 2.64. The van der Waals surface area contributed by atoms with E-state index in [-0.39, 0.29) is 12.1 Å². The van der Waals surface area contributed by atoms with Gasteiger partial charge in [-0.15, -0.1) is 0 Å². The van der Waals surface area contributed by atoms with Gasteiger partial charge in [0.05, 0.1) is 0 Å². The van der Waals surface area contributed by atoms with Gasteiger partial charge in [0, 0.05) is 6.92 Å². The topological polar surface area (TPSA) is 26.3 Å². The van der Waals surface area contributed by atoms with Crippen molar-refractivity contribution in [2.24, 2.45) is 47.3 Å². The third kappa shape index (κ3) is 4.12. The van der Waals surface area contributed by atoms with Crippen LogP contribution in [0.4, 0.5) is 0 Å². The lowest BCUT2D eigenvalue weighted by molar-refractivity contribution is -0.150. The number of fused-ring (bicyclic) bond motifs is 4. The molecule has 4 aliphatic carbocycles. The van der Waals surface area contributed by atoms with Gasteiger partial charge in [0.15, 0.2) is 0 Å². The zero-order chi connectivity index (χ0) is 24.0. The summed E-state index contributed by atoms with van der Waals surface area (Å²) in [5.41, 5.74) is 3.11. The molecule has 4 bridgehead atoms. The van der Waals surface area contributed by atoms with E-state index in [0.29, 0.717) is 17.8 Å². The summed E-state index contributed by atoms with van der Waals surface area (Å²) < 4.78 is 5.32. The number of esters is 1. The minimum atomic E-state index is -0.114. The zero-order valence-corrected chi connectivity index (χ0v) is 21.6. The first-order chi connectivity index (χ1) is 16.4. The van der Waals surface area contributed by atoms with Gasteiger partial charge < -0.3 is 4.74 Å². The Balaban J connectivity index is 0.000000159. The highest BCUT2D eigenvalue weighted by Gasteiger charge is 2.55. The molecule has 0 heterocycles. The number of carbonyl (C=O) groups excluding carboxylic acids is 1. The second-order valence-electron chi connectivity index (χ2n) is 11.9. The minimum Gasteiger partial charge on any atom is -0.462 e. The molecule has 182 valence electrons. The molecule has 0 amide bonds. The normalized spacial score (nSPS) is 41.7. The molecule has 6 rings (SSSR count). The fraction of sp³-hybridized carbons (Fsp3) is 0.594. The van der Waals surface area contributed by atoms with Crippen LogP contribution in [0.3, 0.4) is 0 Å². The van der Waals surface area contributed by atoms with Crippen LogP contribution >= 0.6 is 0 Å². The van der Waals surface area contributed by atoms with Crippen molar-refractivity contribution in [2.75, 3.05) is 0 Å². The molecule has 2 nitrogen and oxygen atoms in total. The maximum atomic E-state index is 10.8. The van der Waals surface area contributed by atoms with Crippen LogP contribution in [0.1, 0.15) is 76.8 Å². The fourth-order valence-electron chi connectivity index (χ4n) is 8.48. The predicted molar refractivity (Wildman–Crippen MR) is 138 cm³/mol. The number of rotatable bonds is 3. The summed E-state index contributed by atoms with van der Waals surface area (Å²) >= 11 is 0. The van der Waals surface area contributed by atoms with Crippen molar-refractivity contribution in [1.29, 1.82) is 0 Å². The second-order valence-corrected chi connectivity index (χ2v) is 11.9. The highest BCUT2D eigenvalue weighted by molar-refractivity contribution is 5.66. The van der Waals surface area contributed by atoms with Crippen LogP contribution in [0.25, 0.3) is 0 Å². The molecule has 4 fully saturated rings. The molecule has 0 aromatic heterocycles. The molecule has 0 N–H and O–H groups in total. The van der Waals surface area contributed by atoms with E-state index in [1.807, 2.05) is 0 Å². The summed E-state index contributed by atoms with van der Waals surface area (Å²) in [6.45, 7) is 11.1. The van der Waals surface area contributed by atoms with Gasteiger partial charge in [0.2, 0.25) is 0 Å². The maximum absolute atomic E-state index is 10.8. The molecule has 0 aliphatic heterocycles. The molecular weight excluding hydrogens is 416 g/mol. The Kier molecular flexibility index (Phi) is 6.62. The van der Waals surface area contributed by atoms with Crippen molar-refractivity contribution in [3.8, 4) is 0 Å². The van der Waals surface area contributed by atoms with Crippen molar-refractivity contribution in [3.63, 3.8) is 0 Å². The van der Waals surface area contributed by atoms with Gasteiger partial charge >= 0.3 is 5.97 Å². The van der Waals surface area contributed by atoms with Crippen molar-refractivity contribution in [1.82, 2.24) is 0 Å². The molecule has 2 heteroatoms. The van der Waals surface area contributed by atoms with Crippen LogP contribution in [0.15, 0.2) is 60.7 Å². The Morgan fingerprint density at radius 1 is 0.647 bits per heavy atom. The van der Waals surface area contributed by atoms with Gasteiger partial charge in [0.1, 0.15) is 6.10 Å². The quantitative estimate of drug-likeness (QED) is 0.440. The first-order valence-corrected chi connectivity index (χ1v) is 13.6. The third-order valence-electron chi connectivity index (χ3n) is 10.6. The Morgan fingerprint density at radius 3 is 1.53 bits per heavy atom. The first kappa shape index (κ1) is 23.6. The minimum absolute atomic E-state index is 0.114. The summed E-state index contributed by atoms with van der Waals surface area (Å²) in [4.78, 5) is 10.8. The van der Waals surface area contributed by atoms with Gasteiger partial charge in [-0.05, 0) is 89.6 Å². The third-order valence-corrected chi connectivity index (χ3v) is 10.6. The standard InChI is InChI=1S/C21H24.C11H18O2/c1-14-15(2)19-13-18(14)20(16-9-5-3-6-10-16)21(19)17-11-7-4-8-12-17;1-6-7(2)10-4-9(6)5-11(10)13-8(3)12/h3-12,14-15,18-21H,13H2,1-2H3;6-7,9-11H,4-5H2,1-3H3. The molecule has 2 aromatic carbocycles. The lowest BCUT2D eigenvalue weighted by Crippen LogP contribution is -2.31. The smallest absolute Gasteiger partial charge is 0.302 e. The average molecular weight is 459 g/mol. The lowest BCUT2D eigenvalue weighted by Gasteiger charge is -2.39. The Bertz CT molecular complexity index is 912. The summed E-state index contributed by atoms with van der Waals surface area (Å²) in [5, 5.41) is 0. The average Bonchev–Trinajstić information content (AvgIpc) is 3.57. The maximum Gasteiger partial charge on any atom is 0.302 e. The molecule has 11 atom stereocenters. The largest absolute Gasteiger partial charge is 0.462 e. The Labute approximate surface area is 206 Å². The first-order valence-electron chi connectivity index (χ1n) is 13.6. The van der Waals surface area contributed by atoms with Crippen LogP contribution in [0.5, 0.6) is 0 Å². The number of carbonyl (C=O) groups is 1.